The quantitative estimate of drug-likeness (QED) is 0.612. The Labute approximate surface area is 82.7 Å². The van der Waals surface area contributed by atoms with E-state index >= 15 is 0 Å². The van der Waals surface area contributed by atoms with Crippen LogP contribution >= 0.6 is 0 Å². The van der Waals surface area contributed by atoms with Gasteiger partial charge in [-0.3, -0.25) is 4.79 Å². The second kappa shape index (κ2) is 6.37. The molecule has 0 aromatic heterocycles. The molecule has 2 atom stereocenters. The molecule has 0 fully saturated rings. The van der Waals surface area contributed by atoms with Crippen LogP contribution in [0.3, 0.4) is 0 Å². The topological polar surface area (TPSA) is 83.8 Å². The molecule has 0 radical (unpaired) electrons. The molecule has 0 aliphatic heterocycles. The molecular formula is C9H16O5. The molecule has 5 nitrogen and oxygen atoms in total. The van der Waals surface area contributed by atoms with Gasteiger partial charge in [-0.05, 0) is 19.8 Å². The Kier molecular flexibility index (Phi) is 5.87. The molecule has 0 saturated carbocycles. The zero-order chi connectivity index (χ0) is 11.1. The van der Waals surface area contributed by atoms with E-state index in [4.69, 9.17) is 14.9 Å². The Morgan fingerprint density at radius 1 is 1.36 bits per heavy atom. The van der Waals surface area contributed by atoms with Crippen LogP contribution in [0.4, 0.5) is 0 Å². The molecule has 5 heteroatoms. The second-order valence-corrected chi connectivity index (χ2v) is 2.95. The average molecular weight is 204 g/mol. The van der Waals surface area contributed by atoms with Crippen LogP contribution in [0.1, 0.15) is 26.7 Å². The Hall–Kier alpha value is -1.10. The summed E-state index contributed by atoms with van der Waals surface area (Å²) in [4.78, 5) is 21.5. The summed E-state index contributed by atoms with van der Waals surface area (Å²) in [5, 5.41) is 17.5. The minimum absolute atomic E-state index is 0.0926. The van der Waals surface area contributed by atoms with Gasteiger partial charge in [-0.15, -0.1) is 0 Å². The minimum Gasteiger partial charge on any atom is -0.479 e. The molecule has 0 aliphatic carbocycles. The van der Waals surface area contributed by atoms with Crippen LogP contribution in [0.2, 0.25) is 0 Å². The molecule has 0 aliphatic rings. The van der Waals surface area contributed by atoms with Crippen molar-refractivity contribution in [1.82, 2.24) is 0 Å². The van der Waals surface area contributed by atoms with Crippen molar-refractivity contribution >= 4 is 11.9 Å². The van der Waals surface area contributed by atoms with Gasteiger partial charge < -0.3 is 14.9 Å². The maximum atomic E-state index is 11.2. The smallest absolute Gasteiger partial charge is 0.332 e. The van der Waals surface area contributed by atoms with Gasteiger partial charge in [0.05, 0.1) is 12.5 Å². The lowest BCUT2D eigenvalue weighted by Crippen LogP contribution is -2.27. The number of aliphatic carboxylic acids is 1. The number of ether oxygens (including phenoxy) is 1. The molecule has 0 heterocycles. The molecule has 0 spiro atoms. The van der Waals surface area contributed by atoms with Crippen LogP contribution < -0.4 is 0 Å². The van der Waals surface area contributed by atoms with Crippen LogP contribution in [0.25, 0.3) is 0 Å². The highest BCUT2D eigenvalue weighted by Gasteiger charge is 2.24. The summed E-state index contributed by atoms with van der Waals surface area (Å²) in [5.74, 6) is -2.30. The number of hydrogen-bond donors (Lipinski definition) is 2. The predicted molar refractivity (Wildman–Crippen MR) is 48.7 cm³/mol. The first-order chi connectivity index (χ1) is 6.52. The summed E-state index contributed by atoms with van der Waals surface area (Å²) in [7, 11) is 0. The van der Waals surface area contributed by atoms with Crippen molar-refractivity contribution in [3.63, 3.8) is 0 Å². The summed E-state index contributed by atoms with van der Waals surface area (Å²) in [6, 6.07) is 0. The van der Waals surface area contributed by atoms with E-state index in [9.17, 15) is 9.59 Å². The lowest BCUT2D eigenvalue weighted by atomic mass is 9.99. The van der Waals surface area contributed by atoms with Gasteiger partial charge in [0.1, 0.15) is 0 Å². The van der Waals surface area contributed by atoms with Crippen molar-refractivity contribution in [3.05, 3.63) is 0 Å². The van der Waals surface area contributed by atoms with Gasteiger partial charge in [0.15, 0.2) is 6.10 Å². The second-order valence-electron chi connectivity index (χ2n) is 2.95. The molecule has 0 rings (SSSR count). The third-order valence-corrected chi connectivity index (χ3v) is 1.91. The zero-order valence-corrected chi connectivity index (χ0v) is 8.40. The highest BCUT2D eigenvalue weighted by atomic mass is 16.5. The van der Waals surface area contributed by atoms with E-state index in [0.717, 1.165) is 0 Å². The van der Waals surface area contributed by atoms with E-state index in [1.165, 1.54) is 0 Å². The Morgan fingerprint density at radius 2 is 1.93 bits per heavy atom. The number of carbonyl (C=O) groups excluding carboxylic acids is 1. The molecule has 2 unspecified atom stereocenters. The van der Waals surface area contributed by atoms with Crippen molar-refractivity contribution in [2.24, 2.45) is 5.92 Å². The summed E-state index contributed by atoms with van der Waals surface area (Å²) in [5.41, 5.74) is 0. The highest BCUT2D eigenvalue weighted by molar-refractivity contribution is 5.76. The molecule has 14 heavy (non-hydrogen) atoms. The molecule has 2 N–H and O–H groups in total. The Balaban J connectivity index is 4.14. The number of carboxylic acid groups (broad SMARTS) is 1. The van der Waals surface area contributed by atoms with E-state index in [1.54, 1.807) is 13.8 Å². The van der Waals surface area contributed by atoms with Crippen molar-refractivity contribution in [2.45, 2.75) is 32.8 Å². The third kappa shape index (κ3) is 4.23. The lowest BCUT2D eigenvalue weighted by molar-refractivity contribution is -0.153. The first-order valence-corrected chi connectivity index (χ1v) is 4.60. The number of aliphatic hydroxyl groups excluding tert-OH is 1. The summed E-state index contributed by atoms with van der Waals surface area (Å²) >= 11 is 0. The maximum absolute atomic E-state index is 11.2. The van der Waals surface area contributed by atoms with E-state index in [0.29, 0.717) is 6.42 Å². The van der Waals surface area contributed by atoms with Crippen molar-refractivity contribution < 1.29 is 24.5 Å². The monoisotopic (exact) mass is 204 g/mol. The van der Waals surface area contributed by atoms with Gasteiger partial charge in [0.2, 0.25) is 0 Å². The van der Waals surface area contributed by atoms with E-state index in [2.05, 4.69) is 0 Å². The fourth-order valence-electron chi connectivity index (χ4n) is 1.06. The predicted octanol–water partition coefficient (Wildman–Crippen LogP) is 0.411. The molecule has 0 aromatic rings. The van der Waals surface area contributed by atoms with Crippen molar-refractivity contribution in [3.8, 4) is 0 Å². The largest absolute Gasteiger partial charge is 0.479 e. The number of hydrogen-bond acceptors (Lipinski definition) is 4. The molecular weight excluding hydrogens is 188 g/mol. The van der Waals surface area contributed by atoms with Gasteiger partial charge in [0, 0.05) is 0 Å². The number of aliphatic hydroxyl groups is 1. The molecule has 0 aromatic carbocycles. The number of carboxylic acids is 1. The minimum atomic E-state index is -1.50. The molecule has 0 saturated heterocycles. The fraction of sp³-hybridized carbons (Fsp3) is 0.778. The van der Waals surface area contributed by atoms with Crippen LogP contribution in [0.5, 0.6) is 0 Å². The van der Waals surface area contributed by atoms with Crippen LogP contribution in [0.15, 0.2) is 0 Å². The fourth-order valence-corrected chi connectivity index (χ4v) is 1.06. The molecule has 82 valence electrons. The molecule has 0 amide bonds. The Morgan fingerprint density at radius 3 is 2.29 bits per heavy atom. The number of carbonyl (C=O) groups is 2. The van der Waals surface area contributed by atoms with Crippen molar-refractivity contribution in [1.29, 1.82) is 0 Å². The SMILES string of the molecule is CCOC(=O)C(CC)CC(O)C(=O)O. The van der Waals surface area contributed by atoms with Gasteiger partial charge in [-0.1, -0.05) is 6.92 Å². The van der Waals surface area contributed by atoms with Crippen LogP contribution in [-0.2, 0) is 14.3 Å². The third-order valence-electron chi connectivity index (χ3n) is 1.91. The molecule has 0 bridgehead atoms. The van der Waals surface area contributed by atoms with Gasteiger partial charge in [-0.2, -0.15) is 0 Å². The summed E-state index contributed by atoms with van der Waals surface area (Å²) < 4.78 is 4.73. The van der Waals surface area contributed by atoms with Gasteiger partial charge in [0.25, 0.3) is 0 Å². The summed E-state index contributed by atoms with van der Waals surface area (Å²) in [6.07, 6.45) is -1.13. The number of esters is 1. The Bertz CT molecular complexity index is 201. The summed E-state index contributed by atoms with van der Waals surface area (Å²) in [6.45, 7) is 3.69. The first kappa shape index (κ1) is 12.9. The van der Waals surface area contributed by atoms with E-state index in [-0.39, 0.29) is 13.0 Å². The average Bonchev–Trinajstić information content (AvgIpc) is 2.13. The standard InChI is InChI=1S/C9H16O5/c1-3-6(9(13)14-4-2)5-7(10)8(11)12/h6-7,10H,3-5H2,1-2H3,(H,11,12). The number of rotatable bonds is 6. The van der Waals surface area contributed by atoms with Crippen LogP contribution in [0, 0.1) is 5.92 Å². The normalized spacial score (nSPS) is 14.5. The van der Waals surface area contributed by atoms with Gasteiger partial charge in [-0.25, -0.2) is 4.79 Å². The van der Waals surface area contributed by atoms with E-state index < -0.39 is 24.0 Å². The van der Waals surface area contributed by atoms with E-state index in [1.807, 2.05) is 0 Å². The van der Waals surface area contributed by atoms with Crippen LogP contribution in [-0.4, -0.2) is 34.9 Å². The highest BCUT2D eigenvalue weighted by Crippen LogP contribution is 2.13. The van der Waals surface area contributed by atoms with Gasteiger partial charge >= 0.3 is 11.9 Å². The first-order valence-electron chi connectivity index (χ1n) is 4.60. The lowest BCUT2D eigenvalue weighted by Gasteiger charge is -2.14. The zero-order valence-electron chi connectivity index (χ0n) is 8.40. The maximum Gasteiger partial charge on any atom is 0.332 e. The van der Waals surface area contributed by atoms with Crippen molar-refractivity contribution in [2.75, 3.05) is 6.61 Å².